The maximum absolute atomic E-state index is 8.87. The van der Waals surface area contributed by atoms with E-state index in [2.05, 4.69) is 232 Å². The monoisotopic (exact) mass is 926 g/mol. The second-order valence-electron chi connectivity index (χ2n) is 20.1. The molecule has 0 radical (unpaired) electrons. The van der Waals surface area contributed by atoms with Crippen molar-refractivity contribution in [1.82, 2.24) is 14.1 Å². The molecule has 4 nitrogen and oxygen atoms in total. The molecule has 0 aliphatic rings. The van der Waals surface area contributed by atoms with Crippen molar-refractivity contribution in [2.24, 2.45) is 0 Å². The summed E-state index contributed by atoms with van der Waals surface area (Å²) >= 11 is 0. The van der Waals surface area contributed by atoms with Crippen LogP contribution in [0.2, 0.25) is 0 Å². The minimum absolute atomic E-state index is 0.568. The predicted molar refractivity (Wildman–Crippen MR) is 304 cm³/mol. The Morgan fingerprint density at radius 3 is 0.944 bits per heavy atom. The van der Waals surface area contributed by atoms with Crippen LogP contribution in [0.4, 0.5) is 5.69 Å². The molecule has 0 amide bonds. The number of nitrogens with zero attached hydrogens (tertiary/aromatic N) is 4. The van der Waals surface area contributed by atoms with E-state index in [0.717, 1.165) is 88.4 Å². The van der Waals surface area contributed by atoms with Gasteiger partial charge in [0, 0.05) is 33.9 Å². The van der Waals surface area contributed by atoms with E-state index in [1.54, 1.807) is 0 Å². The Morgan fingerprint density at radius 1 is 0.319 bits per heavy atom. The van der Waals surface area contributed by atoms with E-state index in [1.807, 2.05) is 24.5 Å². The van der Waals surface area contributed by atoms with E-state index in [4.69, 9.17) is 6.57 Å². The van der Waals surface area contributed by atoms with Gasteiger partial charge in [-0.05, 0) is 182 Å². The van der Waals surface area contributed by atoms with Crippen LogP contribution in [0.3, 0.4) is 0 Å². The largest absolute Gasteiger partial charge is 0.308 e. The minimum Gasteiger partial charge on any atom is -0.308 e. The number of fused-ring (bicyclic) bond motifs is 6. The molecule has 0 aliphatic heterocycles. The lowest BCUT2D eigenvalue weighted by molar-refractivity contribution is 1.10. The van der Waals surface area contributed by atoms with Crippen molar-refractivity contribution in [3.63, 3.8) is 0 Å². The molecular formula is C68H54N4. The average molecular weight is 927 g/mol. The van der Waals surface area contributed by atoms with Gasteiger partial charge in [0.25, 0.3) is 0 Å². The molecule has 0 fully saturated rings. The zero-order valence-electron chi connectivity index (χ0n) is 42.1. The molecule has 0 atom stereocenters. The lowest BCUT2D eigenvalue weighted by Gasteiger charge is -2.21. The molecular weight excluding hydrogens is 873 g/mol. The summed E-state index contributed by atoms with van der Waals surface area (Å²) in [6, 6.07) is 63.2. The fourth-order valence-electron chi connectivity index (χ4n) is 11.6. The summed E-state index contributed by atoms with van der Waals surface area (Å²) in [6.45, 7) is 26.3. The number of hydrogen-bond acceptors (Lipinski definition) is 1. The van der Waals surface area contributed by atoms with Gasteiger partial charge in [-0.15, -0.1) is 0 Å². The topological polar surface area (TPSA) is 27.1 Å². The first-order valence-electron chi connectivity index (χ1n) is 24.9. The molecule has 0 saturated heterocycles. The Kier molecular flexibility index (Phi) is 10.7. The molecule has 0 bridgehead atoms. The fourth-order valence-corrected chi connectivity index (χ4v) is 11.6. The van der Waals surface area contributed by atoms with E-state index >= 15 is 0 Å². The summed E-state index contributed by atoms with van der Waals surface area (Å²) in [7, 11) is 0. The van der Waals surface area contributed by atoms with Crippen LogP contribution >= 0.6 is 0 Å². The van der Waals surface area contributed by atoms with Crippen molar-refractivity contribution in [2.75, 3.05) is 0 Å². The second kappa shape index (κ2) is 17.3. The molecule has 0 N–H and O–H groups in total. The molecule has 3 aromatic heterocycles. The molecule has 0 saturated carbocycles. The first kappa shape index (κ1) is 44.4. The molecule has 0 spiro atoms. The maximum Gasteiger partial charge on any atom is 0.197 e. The summed E-state index contributed by atoms with van der Waals surface area (Å²) in [4.78, 5) is 8.75. The smallest absolute Gasteiger partial charge is 0.197 e. The zero-order valence-corrected chi connectivity index (χ0v) is 42.1. The molecule has 0 unspecified atom stereocenters. The van der Waals surface area contributed by atoms with Crippen molar-refractivity contribution >= 4 is 49.3 Å². The van der Waals surface area contributed by atoms with Gasteiger partial charge in [-0.3, -0.25) is 4.98 Å². The molecule has 72 heavy (non-hydrogen) atoms. The average Bonchev–Trinajstić information content (AvgIpc) is 3.87. The molecule has 9 aromatic carbocycles. The highest BCUT2D eigenvalue weighted by Crippen LogP contribution is 2.46. The van der Waals surface area contributed by atoms with Gasteiger partial charge in [0.15, 0.2) is 5.69 Å². The molecule has 12 rings (SSSR count). The molecule has 0 aliphatic carbocycles. The Bertz CT molecular complexity index is 4030. The second-order valence-corrected chi connectivity index (χ2v) is 20.1. The predicted octanol–water partition coefficient (Wildman–Crippen LogP) is 18.6. The highest BCUT2D eigenvalue weighted by atomic mass is 15.1. The Hall–Kier alpha value is -8.78. The van der Waals surface area contributed by atoms with Gasteiger partial charge in [-0.1, -0.05) is 144 Å². The van der Waals surface area contributed by atoms with Crippen LogP contribution in [-0.2, 0) is 0 Å². The highest BCUT2D eigenvalue weighted by molar-refractivity contribution is 6.14. The van der Waals surface area contributed by atoms with E-state index in [1.165, 1.54) is 66.8 Å². The number of aromatic nitrogens is 3. The number of aryl methyl sites for hydroxylation is 8. The van der Waals surface area contributed by atoms with Gasteiger partial charge in [0.1, 0.15) is 0 Å². The number of rotatable bonds is 7. The summed E-state index contributed by atoms with van der Waals surface area (Å²) in [5.41, 5.74) is 27.9. The zero-order chi connectivity index (χ0) is 49.5. The summed E-state index contributed by atoms with van der Waals surface area (Å²) in [6.07, 6.45) is 3.64. The van der Waals surface area contributed by atoms with E-state index in [-0.39, 0.29) is 0 Å². The number of benzene rings is 9. The van der Waals surface area contributed by atoms with Crippen LogP contribution in [0, 0.1) is 62.0 Å². The van der Waals surface area contributed by atoms with Crippen molar-refractivity contribution in [1.29, 1.82) is 0 Å². The summed E-state index contributed by atoms with van der Waals surface area (Å²) in [5.74, 6) is 0. The van der Waals surface area contributed by atoms with E-state index in [0.29, 0.717) is 5.69 Å². The summed E-state index contributed by atoms with van der Waals surface area (Å²) < 4.78 is 4.93. The van der Waals surface area contributed by atoms with Crippen molar-refractivity contribution < 1.29 is 0 Å². The fraction of sp³-hybridized carbons (Fsp3) is 0.118. The van der Waals surface area contributed by atoms with Crippen LogP contribution in [0.5, 0.6) is 0 Å². The van der Waals surface area contributed by atoms with E-state index in [9.17, 15) is 0 Å². The standard InChI is InChI=1S/C68H54N4/c1-40-10-18-53(44(5)30-40)49-14-22-57-58-23-15-50(54-19-11-41(2)31-45(54)6)35-64(58)71(63(57)34-49)67-38-61(48-26-28-70-29-27-48)62(69-9)39-68(67)72-65-36-51(55-20-12-42(3)32-46(55)7)16-24-59(65)60-25-17-52(37-66(60)72)56-21-13-43(4)33-47(56)8/h10-39H,1-8H3. The lowest BCUT2D eigenvalue weighted by atomic mass is 9.96. The maximum atomic E-state index is 8.87. The SMILES string of the molecule is [C-]#[N+]c1cc(-n2c3cc(-c4ccc(C)cc4C)ccc3c3ccc(-c4ccc(C)cc4C)cc32)c(-n2c3cc(-c4ccc(C)cc4C)ccc3c3ccc(-c4ccc(C)cc4C)cc32)cc1-c1ccncc1. The van der Waals surface area contributed by atoms with Crippen LogP contribution in [0.15, 0.2) is 182 Å². The van der Waals surface area contributed by atoms with Crippen molar-refractivity contribution in [3.8, 4) is 67.0 Å². The molecule has 12 aromatic rings. The van der Waals surface area contributed by atoms with Crippen LogP contribution in [0.1, 0.15) is 44.5 Å². The van der Waals surface area contributed by atoms with Gasteiger partial charge < -0.3 is 9.13 Å². The van der Waals surface area contributed by atoms with Gasteiger partial charge in [0.05, 0.1) is 40.0 Å². The van der Waals surface area contributed by atoms with Gasteiger partial charge in [-0.2, -0.15) is 0 Å². The Labute approximate surface area is 422 Å². The van der Waals surface area contributed by atoms with Crippen molar-refractivity contribution in [2.45, 2.75) is 55.4 Å². The number of hydrogen-bond donors (Lipinski definition) is 0. The quantitative estimate of drug-likeness (QED) is 0.146. The van der Waals surface area contributed by atoms with E-state index < -0.39 is 0 Å². The van der Waals surface area contributed by atoms with Gasteiger partial charge >= 0.3 is 0 Å². The first-order chi connectivity index (χ1) is 34.9. The third-order valence-electron chi connectivity index (χ3n) is 15.0. The first-order valence-corrected chi connectivity index (χ1v) is 24.9. The van der Waals surface area contributed by atoms with Gasteiger partial charge in [0.2, 0.25) is 0 Å². The highest BCUT2D eigenvalue weighted by Gasteiger charge is 2.24. The lowest BCUT2D eigenvalue weighted by Crippen LogP contribution is -2.05. The van der Waals surface area contributed by atoms with Crippen LogP contribution < -0.4 is 0 Å². The molecule has 3 heterocycles. The minimum atomic E-state index is 0.568. The molecule has 4 heteroatoms. The van der Waals surface area contributed by atoms with Crippen molar-refractivity contribution in [3.05, 3.63) is 238 Å². The number of pyridine rings is 1. The third kappa shape index (κ3) is 7.40. The van der Waals surface area contributed by atoms with Crippen LogP contribution in [0.25, 0.3) is 115 Å². The van der Waals surface area contributed by atoms with Crippen LogP contribution in [-0.4, -0.2) is 14.1 Å². The molecule has 346 valence electrons. The van der Waals surface area contributed by atoms with Gasteiger partial charge in [-0.25, -0.2) is 4.85 Å². The summed E-state index contributed by atoms with van der Waals surface area (Å²) in [5, 5.41) is 4.62. The Balaban J connectivity index is 1.26. The Morgan fingerprint density at radius 2 is 0.639 bits per heavy atom. The normalized spacial score (nSPS) is 11.6. The third-order valence-corrected chi connectivity index (χ3v) is 15.0.